The highest BCUT2D eigenvalue weighted by Gasteiger charge is 2.41. The van der Waals surface area contributed by atoms with E-state index in [1.165, 1.54) is 36.0 Å². The van der Waals surface area contributed by atoms with Gasteiger partial charge in [-0.1, -0.05) is 11.8 Å². The quantitative estimate of drug-likeness (QED) is 0.796. The molecule has 1 unspecified atom stereocenters. The Morgan fingerprint density at radius 3 is 2.64 bits per heavy atom. The number of imide groups is 1. The zero-order valence-corrected chi connectivity index (χ0v) is 12.3. The number of thioether (sulfide) groups is 1. The Labute approximate surface area is 130 Å². The predicted octanol–water partition coefficient (Wildman–Crippen LogP) is 0.709. The lowest BCUT2D eigenvalue weighted by atomic mass is 10.2. The average Bonchev–Trinajstić information content (AvgIpc) is 3.09. The van der Waals surface area contributed by atoms with Gasteiger partial charge in [0.05, 0.1) is 17.8 Å². The Morgan fingerprint density at radius 1 is 1.32 bits per heavy atom. The number of aromatic carboxylic acids is 1. The van der Waals surface area contributed by atoms with Crippen LogP contribution in [0.25, 0.3) is 0 Å². The average molecular weight is 319 g/mol. The van der Waals surface area contributed by atoms with E-state index in [2.05, 4.69) is 10.3 Å². The molecule has 2 N–H and O–H groups in total. The van der Waals surface area contributed by atoms with E-state index < -0.39 is 11.2 Å². The number of hydrogen-bond acceptors (Lipinski definition) is 6. The van der Waals surface area contributed by atoms with Crippen molar-refractivity contribution >= 4 is 40.4 Å². The molecule has 2 heterocycles. The van der Waals surface area contributed by atoms with Gasteiger partial charge in [-0.05, 0) is 24.3 Å². The first-order chi connectivity index (χ1) is 10.6. The maximum Gasteiger partial charge on any atom is 0.335 e. The summed E-state index contributed by atoms with van der Waals surface area (Å²) in [5.74, 6) is -1.64. The Morgan fingerprint density at radius 2 is 2.05 bits per heavy atom. The number of carbonyl (C=O) groups excluding carboxylic acids is 2. The Balaban J connectivity index is 1.77. The minimum atomic E-state index is -1.05. The van der Waals surface area contributed by atoms with Gasteiger partial charge in [0.15, 0.2) is 5.17 Å². The van der Waals surface area contributed by atoms with Crippen molar-refractivity contribution in [1.82, 2.24) is 5.32 Å². The van der Waals surface area contributed by atoms with Crippen molar-refractivity contribution in [2.45, 2.75) is 11.7 Å². The number of amidine groups is 1. The van der Waals surface area contributed by atoms with Crippen molar-refractivity contribution in [2.24, 2.45) is 4.99 Å². The fourth-order valence-corrected chi connectivity index (χ4v) is 3.36. The molecule has 1 fully saturated rings. The molecule has 114 valence electrons. The number of nitrogens with zero attached hydrogens (tertiary/aromatic N) is 2. The number of benzene rings is 1. The van der Waals surface area contributed by atoms with E-state index >= 15 is 0 Å². The highest BCUT2D eigenvalue weighted by atomic mass is 32.2. The highest BCUT2D eigenvalue weighted by molar-refractivity contribution is 8.15. The first-order valence-corrected chi connectivity index (χ1v) is 7.59. The van der Waals surface area contributed by atoms with Crippen molar-refractivity contribution in [2.75, 3.05) is 18.0 Å². The Bertz CT molecular complexity index is 671. The predicted molar refractivity (Wildman–Crippen MR) is 82.2 cm³/mol. The molecular formula is C14H13N3O4S. The van der Waals surface area contributed by atoms with E-state index in [-0.39, 0.29) is 23.8 Å². The molecule has 8 heteroatoms. The van der Waals surface area contributed by atoms with Gasteiger partial charge in [-0.3, -0.25) is 14.6 Å². The van der Waals surface area contributed by atoms with Gasteiger partial charge in [0, 0.05) is 13.0 Å². The lowest BCUT2D eigenvalue weighted by Crippen LogP contribution is -2.32. The van der Waals surface area contributed by atoms with Crippen molar-refractivity contribution in [3.05, 3.63) is 29.8 Å². The molecule has 1 atom stereocenters. The molecule has 0 bridgehead atoms. The standard InChI is InChI=1S/C14H13N3O4S/c18-11-7-10(22-14-15-5-6-16-14)12(19)17(11)9-3-1-8(2-4-9)13(20)21/h1-4,10H,5-7H2,(H,15,16)(H,20,21). The minimum Gasteiger partial charge on any atom is -0.478 e. The fourth-order valence-electron chi connectivity index (χ4n) is 2.31. The van der Waals surface area contributed by atoms with Gasteiger partial charge < -0.3 is 10.4 Å². The molecule has 2 aliphatic heterocycles. The number of amides is 2. The van der Waals surface area contributed by atoms with Crippen molar-refractivity contribution in [1.29, 1.82) is 0 Å². The summed E-state index contributed by atoms with van der Waals surface area (Å²) in [5.41, 5.74) is 0.503. The molecule has 3 rings (SSSR count). The normalized spacial score (nSPS) is 21.0. The van der Waals surface area contributed by atoms with Crippen LogP contribution >= 0.6 is 11.8 Å². The van der Waals surface area contributed by atoms with Crippen molar-refractivity contribution in [3.63, 3.8) is 0 Å². The second-order valence-corrected chi connectivity index (χ2v) is 6.04. The lowest BCUT2D eigenvalue weighted by Gasteiger charge is -2.15. The van der Waals surface area contributed by atoms with Crippen LogP contribution in [0.4, 0.5) is 5.69 Å². The number of carbonyl (C=O) groups is 3. The molecule has 0 saturated carbocycles. The van der Waals surface area contributed by atoms with E-state index in [1.54, 1.807) is 0 Å². The first kappa shape index (κ1) is 14.6. The minimum absolute atomic E-state index is 0.110. The van der Waals surface area contributed by atoms with Crippen LogP contribution in [0.2, 0.25) is 0 Å². The number of rotatable bonds is 3. The van der Waals surface area contributed by atoms with E-state index in [1.807, 2.05) is 0 Å². The maximum atomic E-state index is 12.4. The number of carboxylic acid groups (broad SMARTS) is 1. The highest BCUT2D eigenvalue weighted by Crippen LogP contribution is 2.30. The van der Waals surface area contributed by atoms with E-state index in [0.29, 0.717) is 17.4 Å². The molecule has 0 aliphatic carbocycles. The van der Waals surface area contributed by atoms with Crippen LogP contribution in [-0.2, 0) is 9.59 Å². The summed E-state index contributed by atoms with van der Waals surface area (Å²) < 4.78 is 0. The molecule has 7 nitrogen and oxygen atoms in total. The van der Waals surface area contributed by atoms with Gasteiger partial charge in [0.25, 0.3) is 0 Å². The van der Waals surface area contributed by atoms with Gasteiger partial charge in [-0.2, -0.15) is 0 Å². The monoisotopic (exact) mass is 319 g/mol. The maximum absolute atomic E-state index is 12.4. The number of hydrogen-bond donors (Lipinski definition) is 2. The Kier molecular flexibility index (Phi) is 3.84. The molecule has 2 aliphatic rings. The molecule has 0 spiro atoms. The molecule has 1 aromatic rings. The molecular weight excluding hydrogens is 306 g/mol. The van der Waals surface area contributed by atoms with Crippen molar-refractivity contribution in [3.8, 4) is 0 Å². The zero-order chi connectivity index (χ0) is 15.7. The summed E-state index contributed by atoms with van der Waals surface area (Å²) in [6, 6.07) is 5.69. The molecule has 0 aromatic heterocycles. The SMILES string of the molecule is O=C(O)c1ccc(N2C(=O)CC(SC3=NCCN3)C2=O)cc1. The van der Waals surface area contributed by atoms with Gasteiger partial charge in [-0.15, -0.1) is 0 Å². The second-order valence-electron chi connectivity index (χ2n) is 4.84. The number of carboxylic acids is 1. The summed E-state index contributed by atoms with van der Waals surface area (Å²) in [6.07, 6.45) is 0.116. The van der Waals surface area contributed by atoms with Crippen LogP contribution in [0.5, 0.6) is 0 Å². The van der Waals surface area contributed by atoms with E-state index in [9.17, 15) is 14.4 Å². The van der Waals surface area contributed by atoms with E-state index in [4.69, 9.17) is 5.11 Å². The summed E-state index contributed by atoms with van der Waals surface area (Å²) in [7, 11) is 0. The number of anilines is 1. The smallest absolute Gasteiger partial charge is 0.335 e. The van der Waals surface area contributed by atoms with Crippen LogP contribution in [0, 0.1) is 0 Å². The van der Waals surface area contributed by atoms with Gasteiger partial charge in [0.2, 0.25) is 11.8 Å². The number of nitrogens with one attached hydrogen (secondary N) is 1. The topological polar surface area (TPSA) is 99.1 Å². The van der Waals surface area contributed by atoms with Crippen LogP contribution in [0.1, 0.15) is 16.8 Å². The fraction of sp³-hybridized carbons (Fsp3) is 0.286. The molecule has 2 amide bonds. The third-order valence-electron chi connectivity index (χ3n) is 3.38. The summed E-state index contributed by atoms with van der Waals surface area (Å²) >= 11 is 1.27. The van der Waals surface area contributed by atoms with Crippen LogP contribution in [-0.4, -0.2) is 46.4 Å². The lowest BCUT2D eigenvalue weighted by molar-refractivity contribution is -0.121. The third-order valence-corrected chi connectivity index (χ3v) is 4.52. The first-order valence-electron chi connectivity index (χ1n) is 6.71. The molecule has 1 saturated heterocycles. The number of aliphatic imine (C=N–C) groups is 1. The van der Waals surface area contributed by atoms with Gasteiger partial charge >= 0.3 is 5.97 Å². The zero-order valence-electron chi connectivity index (χ0n) is 11.5. The molecule has 22 heavy (non-hydrogen) atoms. The van der Waals surface area contributed by atoms with Crippen LogP contribution in [0.15, 0.2) is 29.3 Å². The summed E-state index contributed by atoms with van der Waals surface area (Å²) in [6.45, 7) is 1.43. The van der Waals surface area contributed by atoms with E-state index in [0.717, 1.165) is 11.4 Å². The summed E-state index contributed by atoms with van der Waals surface area (Å²) in [4.78, 5) is 40.7. The third kappa shape index (κ3) is 2.69. The second kappa shape index (κ2) is 5.80. The van der Waals surface area contributed by atoms with Gasteiger partial charge in [0.1, 0.15) is 5.25 Å². The Hall–Kier alpha value is -2.35. The van der Waals surface area contributed by atoms with Gasteiger partial charge in [-0.25, -0.2) is 9.69 Å². The molecule has 0 radical (unpaired) electrons. The van der Waals surface area contributed by atoms with Crippen LogP contribution < -0.4 is 10.2 Å². The summed E-state index contributed by atoms with van der Waals surface area (Å²) in [5, 5.41) is 12.1. The largest absolute Gasteiger partial charge is 0.478 e. The molecule has 1 aromatic carbocycles. The van der Waals surface area contributed by atoms with Crippen molar-refractivity contribution < 1.29 is 19.5 Å². The van der Waals surface area contributed by atoms with Crippen LogP contribution in [0.3, 0.4) is 0 Å².